The van der Waals surface area contributed by atoms with Crippen LogP contribution in [0.4, 0.5) is 0 Å². The Hall–Kier alpha value is -2.25. The third-order valence-corrected chi connectivity index (χ3v) is 9.93. The number of aryl methyl sites for hydroxylation is 1. The molecule has 2 saturated heterocycles. The minimum atomic E-state index is -1.29. The molecule has 0 saturated carbocycles. The van der Waals surface area contributed by atoms with E-state index in [9.17, 15) is 24.9 Å². The van der Waals surface area contributed by atoms with Gasteiger partial charge in [0.1, 0.15) is 35.4 Å². The smallest absolute Gasteiger partial charge is 0.247 e. The summed E-state index contributed by atoms with van der Waals surface area (Å²) >= 11 is 1.30. The number of ether oxygens (including phenoxy) is 2. The Labute approximate surface area is 271 Å². The van der Waals surface area contributed by atoms with Crippen LogP contribution in [0.3, 0.4) is 0 Å². The van der Waals surface area contributed by atoms with Gasteiger partial charge in [0.25, 0.3) is 0 Å². The molecule has 1 aromatic carbocycles. The molecule has 2 heterocycles. The lowest BCUT2D eigenvalue weighted by atomic mass is 9.88. The summed E-state index contributed by atoms with van der Waals surface area (Å²) < 4.78 is 12.2. The van der Waals surface area contributed by atoms with Gasteiger partial charge in [0.15, 0.2) is 0 Å². The summed E-state index contributed by atoms with van der Waals surface area (Å²) in [7, 11) is 2.04. The van der Waals surface area contributed by atoms with Gasteiger partial charge < -0.3 is 39.9 Å². The molecule has 250 valence electrons. The van der Waals surface area contributed by atoms with Gasteiger partial charge in [-0.1, -0.05) is 36.4 Å². The summed E-state index contributed by atoms with van der Waals surface area (Å²) in [5.41, 5.74) is 2.05. The van der Waals surface area contributed by atoms with Gasteiger partial charge in [-0.05, 0) is 82.5 Å². The lowest BCUT2D eigenvalue weighted by Gasteiger charge is -2.40. The maximum Gasteiger partial charge on any atom is 0.247 e. The lowest BCUT2D eigenvalue weighted by molar-refractivity contribution is -0.200. The number of piperazine rings is 1. The van der Waals surface area contributed by atoms with Gasteiger partial charge in [0.05, 0.1) is 5.60 Å². The Morgan fingerprint density at radius 1 is 1.13 bits per heavy atom. The fourth-order valence-corrected chi connectivity index (χ4v) is 6.67. The Bertz CT molecular complexity index is 1260. The number of nitrogens with zero attached hydrogens (tertiary/aromatic N) is 2. The first kappa shape index (κ1) is 35.6. The number of thioether (sulfide) groups is 1. The second kappa shape index (κ2) is 15.1. The van der Waals surface area contributed by atoms with E-state index in [1.54, 1.807) is 20.1 Å². The molecule has 0 aromatic heterocycles. The van der Waals surface area contributed by atoms with E-state index in [0.29, 0.717) is 39.0 Å². The molecule has 11 heteroatoms. The number of hydrogen-bond donors (Lipinski definition) is 4. The maximum absolute atomic E-state index is 13.0. The van der Waals surface area contributed by atoms with E-state index < -0.39 is 41.0 Å². The minimum absolute atomic E-state index is 0.0488. The highest BCUT2D eigenvalue weighted by Crippen LogP contribution is 2.37. The van der Waals surface area contributed by atoms with Crippen molar-refractivity contribution in [2.75, 3.05) is 46.1 Å². The molecular formula is C34H51N3O7S. The fourth-order valence-electron chi connectivity index (χ4n) is 6.00. The number of allylic oxidation sites excluding steroid dienone is 2. The van der Waals surface area contributed by atoms with Crippen molar-refractivity contribution in [1.82, 2.24) is 15.1 Å². The number of aliphatic hydroxyl groups is 3. The first-order valence-electron chi connectivity index (χ1n) is 15.9. The first-order valence-corrected chi connectivity index (χ1v) is 17.1. The van der Waals surface area contributed by atoms with Crippen molar-refractivity contribution in [1.29, 1.82) is 0 Å². The van der Waals surface area contributed by atoms with Gasteiger partial charge in [-0.25, -0.2) is 0 Å². The van der Waals surface area contributed by atoms with Gasteiger partial charge in [-0.3, -0.25) is 9.59 Å². The van der Waals surface area contributed by atoms with Crippen molar-refractivity contribution in [3.8, 4) is 0 Å². The van der Waals surface area contributed by atoms with E-state index in [-0.39, 0.29) is 18.2 Å². The summed E-state index contributed by atoms with van der Waals surface area (Å²) in [6.45, 7) is 11.0. The quantitative estimate of drug-likeness (QED) is 0.268. The van der Waals surface area contributed by atoms with Crippen molar-refractivity contribution < 1.29 is 34.4 Å². The van der Waals surface area contributed by atoms with E-state index in [2.05, 4.69) is 28.4 Å². The zero-order chi connectivity index (χ0) is 32.9. The predicted molar refractivity (Wildman–Crippen MR) is 176 cm³/mol. The minimum Gasteiger partial charge on any atom is -0.387 e. The van der Waals surface area contributed by atoms with Gasteiger partial charge >= 0.3 is 0 Å². The highest BCUT2D eigenvalue weighted by Gasteiger charge is 2.44. The average molecular weight is 646 g/mol. The number of carbonyl (C=O) groups excluding carboxylic acids is 2. The second-order valence-electron chi connectivity index (χ2n) is 13.3. The first-order chi connectivity index (χ1) is 21.2. The van der Waals surface area contributed by atoms with Crippen LogP contribution in [0.15, 0.2) is 42.0 Å². The summed E-state index contributed by atoms with van der Waals surface area (Å²) in [6.07, 6.45) is 5.91. The second-order valence-corrected chi connectivity index (χ2v) is 14.3. The highest BCUT2D eigenvalue weighted by molar-refractivity contribution is 7.99. The van der Waals surface area contributed by atoms with Crippen LogP contribution in [0.25, 0.3) is 0 Å². The van der Waals surface area contributed by atoms with E-state index >= 15 is 0 Å². The van der Waals surface area contributed by atoms with E-state index in [1.165, 1.54) is 11.8 Å². The Balaban J connectivity index is 1.24. The van der Waals surface area contributed by atoms with Gasteiger partial charge in [-0.15, -0.1) is 11.8 Å². The molecule has 10 nitrogen and oxygen atoms in total. The van der Waals surface area contributed by atoms with E-state index in [0.717, 1.165) is 35.4 Å². The normalized spacial score (nSPS) is 29.4. The third-order valence-electron chi connectivity index (χ3n) is 9.07. The number of benzene rings is 1. The highest BCUT2D eigenvalue weighted by atomic mass is 32.2. The maximum atomic E-state index is 13.0. The molecule has 2 fully saturated rings. The van der Waals surface area contributed by atoms with Crippen LogP contribution < -0.4 is 5.32 Å². The van der Waals surface area contributed by atoms with Crippen LogP contribution in [0.5, 0.6) is 0 Å². The number of likely N-dealkylation sites (N-methyl/N-ethyl adjacent to an activating group) is 1. The molecule has 2 aliphatic heterocycles. The topological polar surface area (TPSA) is 132 Å². The number of nitrogens with one attached hydrogen (secondary N) is 1. The summed E-state index contributed by atoms with van der Waals surface area (Å²) in [5, 5.41) is 34.1. The predicted octanol–water partition coefficient (Wildman–Crippen LogP) is 2.49. The molecule has 3 aliphatic rings. The standard InChI is InChI=1S/C34H51N3O7S/c1-22-9-10-24(30-28(40)27(39)29(41)31(44-30)45-6)21-25(22)20-23-11-13-34(4,14-12-23)43-19-7-8-26(38)35-33(2,3)32(42)37-17-15-36(5)16-18-37/h9-13,21,27-31,39-41H,7-8,14-20H2,1-6H3,(H,35,38)/t27-,28-,29+,30+,31-,34?/m1/s1. The van der Waals surface area contributed by atoms with Crippen LogP contribution in [0, 0.1) is 6.92 Å². The van der Waals surface area contributed by atoms with Crippen molar-refractivity contribution in [2.24, 2.45) is 0 Å². The number of hydrogen-bond acceptors (Lipinski definition) is 9. The van der Waals surface area contributed by atoms with Crippen molar-refractivity contribution in [3.05, 3.63) is 58.7 Å². The molecule has 1 aliphatic carbocycles. The van der Waals surface area contributed by atoms with Crippen LogP contribution in [-0.2, 0) is 25.5 Å². The molecule has 6 atom stereocenters. The molecule has 4 N–H and O–H groups in total. The summed E-state index contributed by atoms with van der Waals surface area (Å²) in [6, 6.07) is 5.90. The molecule has 0 spiro atoms. The van der Waals surface area contributed by atoms with Crippen molar-refractivity contribution in [3.63, 3.8) is 0 Å². The average Bonchev–Trinajstić information content (AvgIpc) is 3.00. The molecule has 0 radical (unpaired) electrons. The Morgan fingerprint density at radius 2 is 1.84 bits per heavy atom. The Morgan fingerprint density at radius 3 is 2.49 bits per heavy atom. The zero-order valence-electron chi connectivity index (χ0n) is 27.5. The van der Waals surface area contributed by atoms with Gasteiger partial charge in [0, 0.05) is 39.2 Å². The molecule has 1 aromatic rings. The van der Waals surface area contributed by atoms with Crippen LogP contribution >= 0.6 is 11.8 Å². The number of aliphatic hydroxyl groups excluding tert-OH is 3. The fraction of sp³-hybridized carbons (Fsp3) is 0.647. The monoisotopic (exact) mass is 645 g/mol. The van der Waals surface area contributed by atoms with Gasteiger partial charge in [-0.2, -0.15) is 0 Å². The summed E-state index contributed by atoms with van der Waals surface area (Å²) in [4.78, 5) is 29.6. The zero-order valence-corrected chi connectivity index (χ0v) is 28.3. The molecule has 1 unspecified atom stereocenters. The number of amides is 2. The SMILES string of the molecule is CS[C@H]1O[C@@H](c2ccc(C)c(CC3=CCC(C)(OCCCC(=O)NC(C)(C)C(=O)N4CCN(C)CC4)C=C3)c2)[C@H](O)[C@@H](O)[C@@H]1O. The molecule has 4 rings (SSSR count). The van der Waals surface area contributed by atoms with Crippen LogP contribution in [-0.4, -0.2) is 118 Å². The molecule has 0 bridgehead atoms. The molecule has 45 heavy (non-hydrogen) atoms. The third kappa shape index (κ3) is 8.97. The van der Waals surface area contributed by atoms with E-state index in [1.807, 2.05) is 44.0 Å². The molecule has 2 amide bonds. The van der Waals surface area contributed by atoms with Gasteiger partial charge in [0.2, 0.25) is 11.8 Å². The number of carbonyl (C=O) groups is 2. The number of rotatable bonds is 11. The molecular weight excluding hydrogens is 594 g/mol. The van der Waals surface area contributed by atoms with Crippen LogP contribution in [0.2, 0.25) is 0 Å². The van der Waals surface area contributed by atoms with Crippen molar-refractivity contribution >= 4 is 23.6 Å². The largest absolute Gasteiger partial charge is 0.387 e. The lowest BCUT2D eigenvalue weighted by Crippen LogP contribution is -2.59. The van der Waals surface area contributed by atoms with Crippen LogP contribution in [0.1, 0.15) is 62.8 Å². The Kier molecular flexibility index (Phi) is 11.9. The summed E-state index contributed by atoms with van der Waals surface area (Å²) in [5.74, 6) is -0.205. The van der Waals surface area contributed by atoms with Crippen molar-refractivity contribution in [2.45, 2.75) is 94.4 Å². The van der Waals surface area contributed by atoms with E-state index in [4.69, 9.17) is 9.47 Å².